The number of furan rings is 1. The first-order valence-corrected chi connectivity index (χ1v) is 16.1. The summed E-state index contributed by atoms with van der Waals surface area (Å²) in [5.74, 6) is 0.805. The van der Waals surface area contributed by atoms with Crippen LogP contribution in [0.25, 0.3) is 22.3 Å². The lowest BCUT2D eigenvalue weighted by Crippen LogP contribution is -2.37. The molecule has 6 rings (SSSR count). The molecular formula is C33H35FN2O7S. The molecule has 3 unspecified atom stereocenters. The number of amides is 1. The van der Waals surface area contributed by atoms with Crippen LogP contribution in [-0.4, -0.2) is 62.0 Å². The summed E-state index contributed by atoms with van der Waals surface area (Å²) >= 11 is 0. The van der Waals surface area contributed by atoms with Crippen LogP contribution in [0.2, 0.25) is 0 Å². The van der Waals surface area contributed by atoms with E-state index in [1.165, 1.54) is 12.1 Å². The fourth-order valence-electron chi connectivity index (χ4n) is 5.67. The van der Waals surface area contributed by atoms with Gasteiger partial charge >= 0.3 is 0 Å². The Morgan fingerprint density at radius 1 is 1.07 bits per heavy atom. The number of carbonyl (C=O) groups is 1. The Balaban J connectivity index is 1.33. The van der Waals surface area contributed by atoms with Crippen molar-refractivity contribution in [3.63, 3.8) is 0 Å². The van der Waals surface area contributed by atoms with E-state index >= 15 is 0 Å². The quantitative estimate of drug-likeness (QED) is 0.252. The second kappa shape index (κ2) is 13.1. The van der Waals surface area contributed by atoms with Gasteiger partial charge < -0.3 is 28.7 Å². The van der Waals surface area contributed by atoms with Crippen molar-refractivity contribution < 1.29 is 36.8 Å². The molecule has 1 fully saturated rings. The molecule has 1 aromatic heterocycles. The Hall–Kier alpha value is -3.77. The molecule has 3 aromatic carbocycles. The Bertz CT molecular complexity index is 1650. The molecule has 232 valence electrons. The van der Waals surface area contributed by atoms with Crippen molar-refractivity contribution in [3.8, 4) is 22.8 Å². The molecule has 0 radical (unpaired) electrons. The number of nitrogens with one attached hydrogen (secondary N) is 1. The molecule has 11 heteroatoms. The number of hydrogen-bond acceptors (Lipinski definition) is 7. The summed E-state index contributed by atoms with van der Waals surface area (Å²) in [6, 6.07) is 16.6. The van der Waals surface area contributed by atoms with Crippen molar-refractivity contribution in [1.82, 2.24) is 5.32 Å². The fraction of sp³-hybridized carbons (Fsp3) is 0.364. The largest absolute Gasteiger partial charge is 0.457 e. The van der Waals surface area contributed by atoms with E-state index in [4.69, 9.17) is 23.4 Å². The zero-order chi connectivity index (χ0) is 30.8. The molecule has 3 atom stereocenters. The number of rotatable bonds is 8. The van der Waals surface area contributed by atoms with E-state index < -0.39 is 11.0 Å². The Morgan fingerprint density at radius 3 is 2.41 bits per heavy atom. The first-order chi connectivity index (χ1) is 21.3. The van der Waals surface area contributed by atoms with Gasteiger partial charge in [0.05, 0.1) is 36.6 Å². The molecule has 44 heavy (non-hydrogen) atoms. The van der Waals surface area contributed by atoms with Crippen molar-refractivity contribution in [3.05, 3.63) is 77.6 Å². The maximum Gasteiger partial charge on any atom is 0.255 e. The van der Waals surface area contributed by atoms with E-state index in [9.17, 15) is 13.4 Å². The lowest BCUT2D eigenvalue weighted by molar-refractivity contribution is -0.0876. The van der Waals surface area contributed by atoms with E-state index in [0.717, 1.165) is 24.1 Å². The van der Waals surface area contributed by atoms with Gasteiger partial charge in [0.2, 0.25) is 0 Å². The van der Waals surface area contributed by atoms with Gasteiger partial charge in [-0.05, 0) is 74.4 Å². The predicted molar refractivity (Wildman–Crippen MR) is 166 cm³/mol. The zero-order valence-corrected chi connectivity index (χ0v) is 25.7. The predicted octanol–water partition coefficient (Wildman–Crippen LogP) is 6.15. The van der Waals surface area contributed by atoms with Crippen LogP contribution in [0.15, 0.2) is 65.1 Å². The Labute approximate surface area is 257 Å². The second-order valence-electron chi connectivity index (χ2n) is 10.9. The minimum atomic E-state index is -1.36. The van der Waals surface area contributed by atoms with Crippen LogP contribution in [0.1, 0.15) is 41.8 Å². The molecule has 1 saturated heterocycles. The maximum absolute atomic E-state index is 13.3. The molecule has 1 N–H and O–H groups in total. The molecule has 2 aliphatic heterocycles. The number of nitrogens with zero attached hydrogens (tertiary/aromatic N) is 1. The number of anilines is 1. The normalized spacial score (nSPS) is 19.8. The molecule has 4 aromatic rings. The molecule has 0 aliphatic carbocycles. The van der Waals surface area contributed by atoms with Crippen molar-refractivity contribution in [2.24, 2.45) is 0 Å². The smallest absolute Gasteiger partial charge is 0.255 e. The number of ether oxygens (including phenoxy) is 4. The van der Waals surface area contributed by atoms with Crippen molar-refractivity contribution in [1.29, 1.82) is 0 Å². The standard InChI is InChI=1S/C33H35FN2O7S/c1-20-27-16-28-30(17-29(27)36(44(3)38)18-26(41-20)19-40-23-12-14-39-15-13-23)43-32(31(28)33(37)35-2)21-4-8-24(9-5-21)42-25-10-6-22(34)7-11-25/h4-11,16-17,20,23,26H,12-15,18-19H2,1-3H3,(H,35,37). The third-order valence-electron chi connectivity index (χ3n) is 7.93. The monoisotopic (exact) mass is 622 g/mol. The second-order valence-corrected chi connectivity index (χ2v) is 12.2. The Morgan fingerprint density at radius 2 is 1.75 bits per heavy atom. The SMILES string of the molecule is CNC(=O)c1c(-c2ccc(Oc3ccc(F)cc3)cc2)oc2cc3c(cc12)C(C)OC(COC1CCOCC1)CN3S(C)=O. The van der Waals surface area contributed by atoms with Crippen LogP contribution in [0, 0.1) is 5.82 Å². The van der Waals surface area contributed by atoms with E-state index in [1.807, 2.05) is 19.1 Å². The number of fused-ring (bicyclic) bond motifs is 2. The average molecular weight is 623 g/mol. The number of halogens is 1. The molecule has 1 amide bonds. The van der Waals surface area contributed by atoms with Gasteiger partial charge in [-0.1, -0.05) is 0 Å². The Kier molecular flexibility index (Phi) is 8.99. The number of hydrogen-bond donors (Lipinski definition) is 1. The van der Waals surface area contributed by atoms with Crippen LogP contribution in [0.4, 0.5) is 10.1 Å². The first-order valence-electron chi connectivity index (χ1n) is 14.6. The highest BCUT2D eigenvalue weighted by atomic mass is 32.2. The summed E-state index contributed by atoms with van der Waals surface area (Å²) < 4.78 is 58.3. The summed E-state index contributed by atoms with van der Waals surface area (Å²) in [5, 5.41) is 3.36. The number of carbonyl (C=O) groups excluding carboxylic acids is 1. The summed E-state index contributed by atoms with van der Waals surface area (Å²) in [4.78, 5) is 13.3. The van der Waals surface area contributed by atoms with E-state index in [1.54, 1.807) is 54.0 Å². The van der Waals surface area contributed by atoms with Gasteiger partial charge in [-0.3, -0.25) is 9.10 Å². The number of benzene rings is 3. The van der Waals surface area contributed by atoms with Gasteiger partial charge in [0, 0.05) is 49.1 Å². The lowest BCUT2D eigenvalue weighted by atomic mass is 10.0. The third-order valence-corrected chi connectivity index (χ3v) is 8.89. The highest BCUT2D eigenvalue weighted by Crippen LogP contribution is 2.42. The summed E-state index contributed by atoms with van der Waals surface area (Å²) in [6.45, 7) is 4.08. The van der Waals surface area contributed by atoms with Gasteiger partial charge in [-0.15, -0.1) is 0 Å². The summed E-state index contributed by atoms with van der Waals surface area (Å²) in [7, 11) is 0.219. The molecule has 0 bridgehead atoms. The highest BCUT2D eigenvalue weighted by molar-refractivity contribution is 7.85. The van der Waals surface area contributed by atoms with E-state index in [0.29, 0.717) is 65.7 Å². The van der Waals surface area contributed by atoms with E-state index in [2.05, 4.69) is 5.32 Å². The molecule has 9 nitrogen and oxygen atoms in total. The van der Waals surface area contributed by atoms with Crippen LogP contribution in [0.5, 0.6) is 11.5 Å². The minimum Gasteiger partial charge on any atom is -0.457 e. The van der Waals surface area contributed by atoms with Crippen molar-refractivity contribution in [2.75, 3.05) is 44.0 Å². The maximum atomic E-state index is 13.3. The van der Waals surface area contributed by atoms with E-state index in [-0.39, 0.29) is 30.0 Å². The molecule has 0 spiro atoms. The van der Waals surface area contributed by atoms with Gasteiger partial charge in [0.1, 0.15) is 45.7 Å². The van der Waals surface area contributed by atoms with Gasteiger partial charge in [-0.25, -0.2) is 8.60 Å². The van der Waals surface area contributed by atoms with Crippen molar-refractivity contribution >= 4 is 33.5 Å². The molecule has 2 aliphatic rings. The minimum absolute atomic E-state index is 0.119. The van der Waals surface area contributed by atoms with Gasteiger partial charge in [0.15, 0.2) is 0 Å². The summed E-state index contributed by atoms with van der Waals surface area (Å²) in [5.41, 5.74) is 3.08. The van der Waals surface area contributed by atoms with Gasteiger partial charge in [-0.2, -0.15) is 0 Å². The van der Waals surface area contributed by atoms with Crippen LogP contribution < -0.4 is 14.4 Å². The lowest BCUT2D eigenvalue weighted by Gasteiger charge is -2.27. The molecule has 3 heterocycles. The fourth-order valence-corrected chi connectivity index (χ4v) is 6.48. The van der Waals surface area contributed by atoms with Crippen molar-refractivity contribution in [2.45, 2.75) is 38.1 Å². The zero-order valence-electron chi connectivity index (χ0n) is 24.8. The average Bonchev–Trinajstić information content (AvgIpc) is 3.34. The topological polar surface area (TPSA) is 99.5 Å². The van der Waals surface area contributed by atoms with Crippen LogP contribution in [0.3, 0.4) is 0 Å². The molecular weight excluding hydrogens is 587 g/mol. The van der Waals surface area contributed by atoms with Crippen LogP contribution >= 0.6 is 0 Å². The first kappa shape index (κ1) is 30.3. The summed E-state index contributed by atoms with van der Waals surface area (Å²) in [6.07, 6.45) is 2.78. The third kappa shape index (κ3) is 6.37. The van der Waals surface area contributed by atoms with Gasteiger partial charge in [0.25, 0.3) is 5.91 Å². The highest BCUT2D eigenvalue weighted by Gasteiger charge is 2.32. The molecule has 0 saturated carbocycles. The van der Waals surface area contributed by atoms with Crippen LogP contribution in [-0.2, 0) is 25.2 Å².